The number of hydrogen-bond acceptors (Lipinski definition) is 3. The molecule has 0 amide bonds. The van der Waals surface area contributed by atoms with Crippen molar-refractivity contribution in [2.24, 2.45) is 5.73 Å². The summed E-state index contributed by atoms with van der Waals surface area (Å²) in [6, 6.07) is -0.625. The first-order valence-electron chi connectivity index (χ1n) is 3.19. The highest BCUT2D eigenvalue weighted by molar-refractivity contribution is 4.92. The Morgan fingerprint density at radius 1 is 1.70 bits per heavy atom. The van der Waals surface area contributed by atoms with Crippen LogP contribution in [0, 0.1) is 6.61 Å². The van der Waals surface area contributed by atoms with Crippen molar-refractivity contribution < 1.29 is 14.2 Å². The van der Waals surface area contributed by atoms with Gasteiger partial charge < -0.3 is 15.6 Å². The first kappa shape index (κ1) is 7.91. The van der Waals surface area contributed by atoms with Crippen molar-refractivity contribution in [2.75, 3.05) is 0 Å². The number of alkyl halides is 1. The lowest BCUT2D eigenvalue weighted by molar-refractivity contribution is -0.0638. The van der Waals surface area contributed by atoms with Gasteiger partial charge in [0.05, 0.1) is 12.1 Å². The minimum atomic E-state index is -1.45. The number of hydrogen-bond donors (Lipinski definition) is 2. The average Bonchev–Trinajstić information content (AvgIpc) is 1.93. The maximum absolute atomic E-state index is 12.5. The largest absolute Gasteiger partial charge is 0.388 e. The summed E-state index contributed by atoms with van der Waals surface area (Å²) >= 11 is 0. The summed E-state index contributed by atoms with van der Waals surface area (Å²) in [5, 5.41) is 9.01. The average molecular weight is 148 g/mol. The molecular formula is C6H11FNO2. The van der Waals surface area contributed by atoms with Crippen molar-refractivity contribution in [1.29, 1.82) is 0 Å². The Labute approximate surface area is 59.0 Å². The number of rotatable bonds is 0. The summed E-state index contributed by atoms with van der Waals surface area (Å²) in [5.74, 6) is 0. The van der Waals surface area contributed by atoms with Crippen molar-refractivity contribution >= 4 is 0 Å². The molecule has 0 saturated carbocycles. The van der Waals surface area contributed by atoms with E-state index < -0.39 is 18.3 Å². The van der Waals surface area contributed by atoms with Crippen LogP contribution >= 0.6 is 0 Å². The quantitative estimate of drug-likeness (QED) is 0.491. The molecule has 1 saturated heterocycles. The zero-order valence-corrected chi connectivity index (χ0v) is 5.70. The third kappa shape index (κ3) is 1.28. The third-order valence-corrected chi connectivity index (χ3v) is 1.69. The highest BCUT2D eigenvalue weighted by Gasteiger charge is 2.35. The molecule has 1 rings (SSSR count). The van der Waals surface area contributed by atoms with Crippen molar-refractivity contribution in [1.82, 2.24) is 0 Å². The number of nitrogens with two attached hydrogens (primary N) is 1. The lowest BCUT2D eigenvalue weighted by Gasteiger charge is -2.32. The van der Waals surface area contributed by atoms with Gasteiger partial charge in [-0.15, -0.1) is 0 Å². The number of ether oxygens (including phenoxy) is 1. The fraction of sp³-hybridized carbons (Fsp3) is 0.833. The minimum Gasteiger partial charge on any atom is -0.388 e. The normalized spacial score (nSPS) is 49.2. The number of halogens is 1. The van der Waals surface area contributed by atoms with Crippen molar-refractivity contribution in [3.05, 3.63) is 6.61 Å². The van der Waals surface area contributed by atoms with Gasteiger partial charge in [0.2, 0.25) is 0 Å². The lowest BCUT2D eigenvalue weighted by Crippen LogP contribution is -2.53. The van der Waals surface area contributed by atoms with Gasteiger partial charge in [-0.2, -0.15) is 0 Å². The molecule has 1 aliphatic rings. The van der Waals surface area contributed by atoms with E-state index in [-0.39, 0.29) is 6.10 Å². The monoisotopic (exact) mass is 148 g/mol. The van der Waals surface area contributed by atoms with Crippen molar-refractivity contribution in [3.63, 3.8) is 0 Å². The maximum Gasteiger partial charge on any atom is 0.156 e. The molecule has 3 nitrogen and oxygen atoms in total. The first-order chi connectivity index (χ1) is 4.63. The smallest absolute Gasteiger partial charge is 0.156 e. The van der Waals surface area contributed by atoms with Gasteiger partial charge in [0, 0.05) is 0 Å². The zero-order chi connectivity index (χ0) is 7.72. The fourth-order valence-corrected chi connectivity index (χ4v) is 0.860. The van der Waals surface area contributed by atoms with E-state index in [0.29, 0.717) is 0 Å². The van der Waals surface area contributed by atoms with E-state index in [9.17, 15) is 4.39 Å². The van der Waals surface area contributed by atoms with Crippen LogP contribution in [0.1, 0.15) is 6.92 Å². The SMILES string of the molecule is C[C@@H]1O[CH][C@H](F)[C@H](O)[C@H]1N. The molecule has 0 spiro atoms. The molecule has 1 radical (unpaired) electrons. The van der Waals surface area contributed by atoms with Crippen LogP contribution < -0.4 is 5.73 Å². The third-order valence-electron chi connectivity index (χ3n) is 1.69. The fourth-order valence-electron chi connectivity index (χ4n) is 0.860. The predicted molar refractivity (Wildman–Crippen MR) is 33.7 cm³/mol. The Kier molecular flexibility index (Phi) is 2.23. The maximum atomic E-state index is 12.5. The zero-order valence-electron chi connectivity index (χ0n) is 5.70. The van der Waals surface area contributed by atoms with Crippen LogP contribution in [0.3, 0.4) is 0 Å². The molecule has 0 unspecified atom stereocenters. The van der Waals surface area contributed by atoms with Crippen LogP contribution in [0.15, 0.2) is 0 Å². The molecule has 4 atom stereocenters. The van der Waals surface area contributed by atoms with Gasteiger partial charge in [-0.1, -0.05) is 0 Å². The van der Waals surface area contributed by atoms with E-state index in [4.69, 9.17) is 15.6 Å². The number of aliphatic hydroxyl groups is 1. The molecule has 0 aromatic rings. The summed E-state index contributed by atoms with van der Waals surface area (Å²) in [6.45, 7) is 2.68. The van der Waals surface area contributed by atoms with Crippen LogP contribution in [0.4, 0.5) is 4.39 Å². The van der Waals surface area contributed by atoms with Crippen molar-refractivity contribution in [2.45, 2.75) is 31.3 Å². The summed E-state index contributed by atoms with van der Waals surface area (Å²) < 4.78 is 17.3. The van der Waals surface area contributed by atoms with Crippen LogP contribution in [-0.2, 0) is 4.74 Å². The molecule has 0 aromatic heterocycles. The van der Waals surface area contributed by atoms with Gasteiger partial charge in [-0.3, -0.25) is 0 Å². The van der Waals surface area contributed by atoms with Crippen molar-refractivity contribution in [3.8, 4) is 0 Å². The minimum absolute atomic E-state index is 0.304. The van der Waals surface area contributed by atoms with Gasteiger partial charge in [0.25, 0.3) is 0 Å². The second-order valence-corrected chi connectivity index (χ2v) is 2.49. The molecule has 4 heteroatoms. The molecule has 0 aromatic carbocycles. The van der Waals surface area contributed by atoms with Gasteiger partial charge in [0.15, 0.2) is 6.17 Å². The summed E-state index contributed by atoms with van der Waals surface area (Å²) in [4.78, 5) is 0. The second kappa shape index (κ2) is 2.82. The predicted octanol–water partition coefficient (Wildman–Crippen LogP) is -0.407. The van der Waals surface area contributed by atoms with Crippen LogP contribution in [0.25, 0.3) is 0 Å². The molecule has 0 bridgehead atoms. The topological polar surface area (TPSA) is 55.5 Å². The summed E-state index contributed by atoms with van der Waals surface area (Å²) in [6.07, 6.45) is -2.88. The summed E-state index contributed by atoms with van der Waals surface area (Å²) in [7, 11) is 0. The highest BCUT2D eigenvalue weighted by Crippen LogP contribution is 2.18. The first-order valence-corrected chi connectivity index (χ1v) is 3.19. The van der Waals surface area contributed by atoms with Gasteiger partial charge in [0.1, 0.15) is 12.7 Å². The standard InChI is InChI=1S/C6H11FNO2/c1-3-5(8)6(9)4(7)2-10-3/h2-6,9H,8H2,1H3/t3-,4-,5-,6-/m0/s1. The Bertz CT molecular complexity index is 108. The molecule has 1 aliphatic heterocycles. The Morgan fingerprint density at radius 3 is 2.80 bits per heavy atom. The molecule has 1 fully saturated rings. The van der Waals surface area contributed by atoms with Gasteiger partial charge in [-0.05, 0) is 6.92 Å². The Morgan fingerprint density at radius 2 is 2.30 bits per heavy atom. The van der Waals surface area contributed by atoms with E-state index >= 15 is 0 Å². The van der Waals surface area contributed by atoms with E-state index in [1.54, 1.807) is 6.92 Å². The van der Waals surface area contributed by atoms with Gasteiger partial charge in [-0.25, -0.2) is 4.39 Å². The van der Waals surface area contributed by atoms with Crippen LogP contribution in [0.5, 0.6) is 0 Å². The van der Waals surface area contributed by atoms with Crippen LogP contribution in [0.2, 0.25) is 0 Å². The molecule has 0 aliphatic carbocycles. The Balaban J connectivity index is 2.52. The highest BCUT2D eigenvalue weighted by atomic mass is 19.1. The molecule has 1 heterocycles. The molecule has 10 heavy (non-hydrogen) atoms. The van der Waals surface area contributed by atoms with E-state index in [1.165, 1.54) is 0 Å². The van der Waals surface area contributed by atoms with Crippen LogP contribution in [-0.4, -0.2) is 29.5 Å². The van der Waals surface area contributed by atoms with Gasteiger partial charge >= 0.3 is 0 Å². The second-order valence-electron chi connectivity index (χ2n) is 2.49. The van der Waals surface area contributed by atoms with E-state index in [2.05, 4.69) is 0 Å². The Hall–Kier alpha value is -0.190. The lowest BCUT2D eigenvalue weighted by atomic mass is 10.0. The number of aliphatic hydroxyl groups excluding tert-OH is 1. The molecule has 59 valence electrons. The van der Waals surface area contributed by atoms with E-state index in [1.807, 2.05) is 0 Å². The molecular weight excluding hydrogens is 137 g/mol. The van der Waals surface area contributed by atoms with E-state index in [0.717, 1.165) is 6.61 Å². The molecule has 3 N–H and O–H groups in total. The summed E-state index contributed by atoms with van der Waals surface area (Å²) in [5.41, 5.74) is 5.38.